The van der Waals surface area contributed by atoms with E-state index in [1.807, 2.05) is 0 Å². The summed E-state index contributed by atoms with van der Waals surface area (Å²) in [5, 5.41) is 2.76. The van der Waals surface area contributed by atoms with Crippen molar-refractivity contribution in [2.24, 2.45) is 5.41 Å². The van der Waals surface area contributed by atoms with Gasteiger partial charge in [0.05, 0.1) is 6.54 Å². The fourth-order valence-electron chi connectivity index (χ4n) is 2.47. The topological polar surface area (TPSA) is 32.3 Å². The largest absolute Gasteiger partial charge is 0.340 e. The second-order valence-corrected chi connectivity index (χ2v) is 4.49. The van der Waals surface area contributed by atoms with E-state index in [4.69, 9.17) is 0 Å². The molecule has 1 aliphatic carbocycles. The minimum absolute atomic E-state index is 0.00772. The van der Waals surface area contributed by atoms with Crippen LogP contribution in [0.2, 0.25) is 0 Å². The summed E-state index contributed by atoms with van der Waals surface area (Å²) < 4.78 is 25.2. The maximum Gasteiger partial charge on any atom is 0.249 e. The van der Waals surface area contributed by atoms with Crippen LogP contribution in [0.15, 0.2) is 0 Å². The van der Waals surface area contributed by atoms with E-state index in [1.165, 1.54) is 0 Å². The molecule has 1 saturated carbocycles. The summed E-state index contributed by atoms with van der Waals surface area (Å²) in [6.45, 7) is 1.33. The Kier molecular flexibility index (Phi) is 2.03. The van der Waals surface area contributed by atoms with Crippen LogP contribution < -0.4 is 5.32 Å². The summed E-state index contributed by atoms with van der Waals surface area (Å²) in [7, 11) is 1.70. The first-order valence-corrected chi connectivity index (χ1v) is 4.77. The van der Waals surface area contributed by atoms with E-state index in [-0.39, 0.29) is 24.2 Å². The van der Waals surface area contributed by atoms with Gasteiger partial charge in [-0.1, -0.05) is 0 Å². The Morgan fingerprint density at radius 2 is 2.00 bits per heavy atom. The van der Waals surface area contributed by atoms with Crippen molar-refractivity contribution in [2.75, 3.05) is 26.7 Å². The molecule has 2 rings (SSSR count). The number of hydrogen-bond donors (Lipinski definition) is 1. The third-order valence-corrected chi connectivity index (χ3v) is 3.00. The Bertz CT molecular complexity index is 252. The Labute approximate surface area is 81.4 Å². The molecule has 1 spiro atoms. The highest BCUT2D eigenvalue weighted by Crippen LogP contribution is 2.56. The Hall–Kier alpha value is -0.710. The van der Waals surface area contributed by atoms with Gasteiger partial charge in [-0.25, -0.2) is 8.78 Å². The zero-order valence-corrected chi connectivity index (χ0v) is 8.15. The molecule has 2 aliphatic rings. The average Bonchev–Trinajstić information content (AvgIpc) is 1.95. The number of hydrogen-bond acceptors (Lipinski definition) is 2. The number of likely N-dealkylation sites (N-methyl/N-ethyl adjacent to an activating group) is 1. The van der Waals surface area contributed by atoms with Crippen LogP contribution in [0.3, 0.4) is 0 Å². The van der Waals surface area contributed by atoms with Gasteiger partial charge in [0, 0.05) is 31.3 Å². The third kappa shape index (κ3) is 1.49. The first kappa shape index (κ1) is 9.83. The van der Waals surface area contributed by atoms with Gasteiger partial charge in [0.2, 0.25) is 11.8 Å². The number of rotatable bonds is 2. The van der Waals surface area contributed by atoms with Crippen molar-refractivity contribution in [2.45, 2.75) is 18.8 Å². The van der Waals surface area contributed by atoms with E-state index in [9.17, 15) is 13.6 Å². The number of amides is 1. The predicted octanol–water partition coefficient (Wildman–Crippen LogP) is 0.463. The van der Waals surface area contributed by atoms with Gasteiger partial charge in [-0.2, -0.15) is 0 Å². The lowest BCUT2D eigenvalue weighted by Crippen LogP contribution is -2.67. The number of nitrogens with one attached hydrogen (secondary N) is 1. The van der Waals surface area contributed by atoms with E-state index in [1.54, 1.807) is 11.9 Å². The molecule has 1 heterocycles. The highest BCUT2D eigenvalue weighted by atomic mass is 19.3. The number of halogens is 2. The molecule has 80 valence electrons. The summed E-state index contributed by atoms with van der Waals surface area (Å²) in [5.41, 5.74) is -0.243. The van der Waals surface area contributed by atoms with Crippen molar-refractivity contribution in [1.82, 2.24) is 10.2 Å². The highest BCUT2D eigenvalue weighted by molar-refractivity contribution is 5.79. The fourth-order valence-corrected chi connectivity index (χ4v) is 2.47. The lowest BCUT2D eigenvalue weighted by atomic mass is 9.61. The van der Waals surface area contributed by atoms with Crippen molar-refractivity contribution in [3.8, 4) is 0 Å². The molecule has 1 saturated heterocycles. The van der Waals surface area contributed by atoms with Crippen molar-refractivity contribution in [3.05, 3.63) is 0 Å². The molecule has 1 aliphatic heterocycles. The molecular formula is C9H14F2N2O. The van der Waals surface area contributed by atoms with Crippen molar-refractivity contribution < 1.29 is 13.6 Å². The lowest BCUT2D eigenvalue weighted by Gasteiger charge is -2.58. The van der Waals surface area contributed by atoms with E-state index >= 15 is 0 Å². The quantitative estimate of drug-likeness (QED) is 0.709. The molecule has 5 heteroatoms. The smallest absolute Gasteiger partial charge is 0.249 e. The number of carbonyl (C=O) groups excluding carboxylic acids is 1. The second kappa shape index (κ2) is 2.89. The van der Waals surface area contributed by atoms with Crippen molar-refractivity contribution >= 4 is 5.91 Å². The van der Waals surface area contributed by atoms with Crippen LogP contribution in [-0.2, 0) is 4.79 Å². The first-order valence-electron chi connectivity index (χ1n) is 4.77. The predicted molar refractivity (Wildman–Crippen MR) is 47.1 cm³/mol. The maximum atomic E-state index is 12.6. The minimum Gasteiger partial charge on any atom is -0.340 e. The molecule has 0 radical (unpaired) electrons. The van der Waals surface area contributed by atoms with Crippen LogP contribution in [0.4, 0.5) is 8.78 Å². The van der Waals surface area contributed by atoms with Gasteiger partial charge in [0.25, 0.3) is 0 Å². The van der Waals surface area contributed by atoms with Gasteiger partial charge in [-0.15, -0.1) is 0 Å². The van der Waals surface area contributed by atoms with Crippen molar-refractivity contribution in [1.29, 1.82) is 0 Å². The Balaban J connectivity index is 1.78. The zero-order chi connectivity index (χ0) is 10.4. The molecule has 2 fully saturated rings. The molecule has 3 nitrogen and oxygen atoms in total. The summed E-state index contributed by atoms with van der Waals surface area (Å²) in [6, 6.07) is 0. The van der Waals surface area contributed by atoms with Crippen LogP contribution in [0, 0.1) is 5.41 Å². The van der Waals surface area contributed by atoms with E-state index in [0.29, 0.717) is 19.6 Å². The molecule has 0 aromatic rings. The van der Waals surface area contributed by atoms with Gasteiger partial charge in [0.15, 0.2) is 0 Å². The van der Waals surface area contributed by atoms with Gasteiger partial charge < -0.3 is 10.2 Å². The third-order valence-electron chi connectivity index (χ3n) is 3.00. The van der Waals surface area contributed by atoms with Gasteiger partial charge in [-0.05, 0) is 7.05 Å². The minimum atomic E-state index is -2.47. The SMILES string of the molecule is CNCC(=O)N1CC2(C1)CC(F)(F)C2. The number of alkyl halides is 2. The Morgan fingerprint density at radius 1 is 1.43 bits per heavy atom. The normalized spacial score (nSPS) is 26.9. The first-order chi connectivity index (χ1) is 6.46. The standard InChI is InChI=1S/C9H14F2N2O/c1-12-2-7(14)13-5-8(6-13)3-9(10,11)4-8/h12H,2-6H2,1H3. The van der Waals surface area contributed by atoms with Crippen LogP contribution in [0.1, 0.15) is 12.8 Å². The molecule has 14 heavy (non-hydrogen) atoms. The van der Waals surface area contributed by atoms with Gasteiger partial charge in [0.1, 0.15) is 0 Å². The monoisotopic (exact) mass is 204 g/mol. The Morgan fingerprint density at radius 3 is 2.43 bits per heavy atom. The zero-order valence-electron chi connectivity index (χ0n) is 8.15. The van der Waals surface area contributed by atoms with E-state index in [2.05, 4.69) is 5.32 Å². The van der Waals surface area contributed by atoms with Crippen LogP contribution in [0.5, 0.6) is 0 Å². The summed E-state index contributed by atoms with van der Waals surface area (Å²) >= 11 is 0. The van der Waals surface area contributed by atoms with E-state index < -0.39 is 5.92 Å². The maximum absolute atomic E-state index is 12.6. The van der Waals surface area contributed by atoms with Gasteiger partial charge in [-0.3, -0.25) is 4.79 Å². The van der Waals surface area contributed by atoms with Crippen LogP contribution in [0.25, 0.3) is 0 Å². The summed E-state index contributed by atoms with van der Waals surface area (Å²) in [5.74, 6) is -2.47. The molecule has 0 unspecified atom stereocenters. The van der Waals surface area contributed by atoms with Crippen molar-refractivity contribution in [3.63, 3.8) is 0 Å². The van der Waals surface area contributed by atoms with E-state index in [0.717, 1.165) is 0 Å². The van der Waals surface area contributed by atoms with Gasteiger partial charge >= 0.3 is 0 Å². The number of carbonyl (C=O) groups is 1. The highest BCUT2D eigenvalue weighted by Gasteiger charge is 2.62. The molecule has 0 aromatic carbocycles. The lowest BCUT2D eigenvalue weighted by molar-refractivity contribution is -0.214. The summed E-state index contributed by atoms with van der Waals surface area (Å²) in [4.78, 5) is 12.9. The number of nitrogens with zero attached hydrogens (tertiary/aromatic N) is 1. The van der Waals surface area contributed by atoms with Crippen LogP contribution >= 0.6 is 0 Å². The molecule has 1 amide bonds. The molecule has 0 atom stereocenters. The molecule has 1 N–H and O–H groups in total. The van der Waals surface area contributed by atoms with Crippen LogP contribution in [-0.4, -0.2) is 43.4 Å². The molecule has 0 aromatic heterocycles. The molecule has 0 bridgehead atoms. The fraction of sp³-hybridized carbons (Fsp3) is 0.889. The average molecular weight is 204 g/mol. The second-order valence-electron chi connectivity index (χ2n) is 4.49. The number of likely N-dealkylation sites (tertiary alicyclic amines) is 1. The molecular weight excluding hydrogens is 190 g/mol. The summed E-state index contributed by atoms with van der Waals surface area (Å²) in [6.07, 6.45) is -0.0767.